The summed E-state index contributed by atoms with van der Waals surface area (Å²) in [4.78, 5) is 23.6. The Balaban J connectivity index is 0.000000188. The molecule has 3 aromatic rings. The van der Waals surface area contributed by atoms with Gasteiger partial charge in [0.05, 0.1) is 11.4 Å². The van der Waals surface area contributed by atoms with Gasteiger partial charge in [0.1, 0.15) is 11.3 Å². The molecule has 0 radical (unpaired) electrons. The first-order chi connectivity index (χ1) is 13.9. The number of aromatic hydroxyl groups is 1. The van der Waals surface area contributed by atoms with Crippen LogP contribution in [-0.4, -0.2) is 22.2 Å². The topological polar surface area (TPSA) is 130 Å². The van der Waals surface area contributed by atoms with Gasteiger partial charge in [0.2, 0.25) is 0 Å². The lowest BCUT2D eigenvalue weighted by Gasteiger charge is -2.22. The van der Waals surface area contributed by atoms with E-state index in [2.05, 4.69) is 0 Å². The number of phenols is 1. The SMILES string of the molecule is NC(=O)N1c2ccccc2C=Cc2ccccc21.Nc1ccc(C(=O)O)c(O)c1. The number of amides is 2. The minimum atomic E-state index is -1.16. The predicted molar refractivity (Wildman–Crippen MR) is 113 cm³/mol. The van der Waals surface area contributed by atoms with Crippen LogP contribution in [0.3, 0.4) is 0 Å². The summed E-state index contributed by atoms with van der Waals surface area (Å²) in [6, 6.07) is 18.8. The first-order valence-electron chi connectivity index (χ1n) is 8.66. The van der Waals surface area contributed by atoms with Crippen molar-refractivity contribution in [2.45, 2.75) is 0 Å². The molecule has 1 aliphatic heterocycles. The highest BCUT2D eigenvalue weighted by atomic mass is 16.4. The molecular formula is C22H19N3O4. The second kappa shape index (κ2) is 8.18. The molecule has 0 bridgehead atoms. The first kappa shape index (κ1) is 19.5. The van der Waals surface area contributed by atoms with Gasteiger partial charge in [0, 0.05) is 11.8 Å². The Morgan fingerprint density at radius 3 is 1.79 bits per heavy atom. The summed E-state index contributed by atoms with van der Waals surface area (Å²) in [5, 5.41) is 17.5. The molecule has 0 saturated carbocycles. The largest absolute Gasteiger partial charge is 0.507 e. The highest BCUT2D eigenvalue weighted by molar-refractivity contribution is 6.04. The van der Waals surface area contributed by atoms with E-state index in [4.69, 9.17) is 21.7 Å². The summed E-state index contributed by atoms with van der Waals surface area (Å²) < 4.78 is 0. The molecule has 0 atom stereocenters. The second-order valence-corrected chi connectivity index (χ2v) is 6.21. The van der Waals surface area contributed by atoms with Crippen molar-refractivity contribution < 1.29 is 19.8 Å². The van der Waals surface area contributed by atoms with Crippen LogP contribution in [0.5, 0.6) is 5.75 Å². The number of carbonyl (C=O) groups excluding carboxylic acids is 1. The molecule has 1 aliphatic rings. The second-order valence-electron chi connectivity index (χ2n) is 6.21. The van der Waals surface area contributed by atoms with E-state index in [0.29, 0.717) is 5.69 Å². The standard InChI is InChI=1S/C15H12N2O.C7H7NO3/c16-15(18)17-13-7-3-1-5-11(13)9-10-12-6-2-4-8-14(12)17;8-4-1-2-5(7(10)11)6(9)3-4/h1-10H,(H2,16,18);1-3,9H,8H2,(H,10,11). The van der Waals surface area contributed by atoms with Gasteiger partial charge in [-0.15, -0.1) is 0 Å². The zero-order valence-electron chi connectivity index (χ0n) is 15.3. The number of nitrogen functional groups attached to an aromatic ring is 1. The van der Waals surface area contributed by atoms with Crippen molar-refractivity contribution in [3.05, 3.63) is 83.4 Å². The molecule has 2 amide bonds. The lowest BCUT2D eigenvalue weighted by molar-refractivity contribution is 0.0693. The van der Waals surface area contributed by atoms with Gasteiger partial charge in [-0.1, -0.05) is 48.6 Å². The molecule has 6 N–H and O–H groups in total. The maximum absolute atomic E-state index is 11.8. The average molecular weight is 389 g/mol. The van der Waals surface area contributed by atoms with Crippen molar-refractivity contribution in [2.75, 3.05) is 10.6 Å². The third-order valence-corrected chi connectivity index (χ3v) is 4.27. The van der Waals surface area contributed by atoms with Gasteiger partial charge < -0.3 is 21.7 Å². The number of para-hydroxylation sites is 2. The number of nitrogens with two attached hydrogens (primary N) is 2. The molecule has 0 saturated heterocycles. The fraction of sp³-hybridized carbons (Fsp3) is 0. The number of anilines is 3. The van der Waals surface area contributed by atoms with Crippen LogP contribution in [0.25, 0.3) is 12.2 Å². The molecule has 146 valence electrons. The lowest BCUT2D eigenvalue weighted by Crippen LogP contribution is -2.32. The number of carboxylic acids is 1. The van der Waals surface area contributed by atoms with Gasteiger partial charge in [-0.25, -0.2) is 9.59 Å². The number of fused-ring (bicyclic) bond motifs is 2. The number of rotatable bonds is 1. The van der Waals surface area contributed by atoms with E-state index < -0.39 is 12.0 Å². The van der Waals surface area contributed by atoms with Crippen LogP contribution in [0.1, 0.15) is 21.5 Å². The normalized spacial score (nSPS) is 11.4. The van der Waals surface area contributed by atoms with E-state index in [0.717, 1.165) is 22.5 Å². The van der Waals surface area contributed by atoms with Crippen LogP contribution in [0.4, 0.5) is 21.9 Å². The van der Waals surface area contributed by atoms with Crippen molar-refractivity contribution in [2.24, 2.45) is 5.73 Å². The van der Waals surface area contributed by atoms with E-state index in [9.17, 15) is 9.59 Å². The number of carboxylic acid groups (broad SMARTS) is 1. The summed E-state index contributed by atoms with van der Waals surface area (Å²) >= 11 is 0. The van der Waals surface area contributed by atoms with E-state index in [1.165, 1.54) is 18.2 Å². The zero-order chi connectivity index (χ0) is 21.0. The quantitative estimate of drug-likeness (QED) is 0.466. The Labute approximate surface area is 167 Å². The fourth-order valence-corrected chi connectivity index (χ4v) is 2.94. The molecule has 3 aromatic carbocycles. The third kappa shape index (κ3) is 4.19. The first-order valence-corrected chi connectivity index (χ1v) is 8.66. The minimum Gasteiger partial charge on any atom is -0.507 e. The van der Waals surface area contributed by atoms with Crippen LogP contribution in [-0.2, 0) is 0 Å². The van der Waals surface area contributed by atoms with Crippen molar-refractivity contribution in [1.82, 2.24) is 0 Å². The van der Waals surface area contributed by atoms with Crippen molar-refractivity contribution in [3.8, 4) is 5.75 Å². The molecule has 29 heavy (non-hydrogen) atoms. The summed E-state index contributed by atoms with van der Waals surface area (Å²) in [6.45, 7) is 0. The third-order valence-electron chi connectivity index (χ3n) is 4.27. The van der Waals surface area contributed by atoms with Gasteiger partial charge in [-0.05, 0) is 35.4 Å². The Morgan fingerprint density at radius 1 is 0.828 bits per heavy atom. The fourth-order valence-electron chi connectivity index (χ4n) is 2.94. The molecule has 0 aliphatic carbocycles. The van der Waals surface area contributed by atoms with Gasteiger partial charge >= 0.3 is 12.0 Å². The monoisotopic (exact) mass is 389 g/mol. The highest BCUT2D eigenvalue weighted by Crippen LogP contribution is 2.35. The molecular weight excluding hydrogens is 370 g/mol. The molecule has 0 aromatic heterocycles. The Morgan fingerprint density at radius 2 is 1.34 bits per heavy atom. The molecule has 7 heteroatoms. The molecule has 4 rings (SSSR count). The van der Waals surface area contributed by atoms with E-state index in [-0.39, 0.29) is 11.3 Å². The maximum Gasteiger partial charge on any atom is 0.339 e. The van der Waals surface area contributed by atoms with Crippen LogP contribution < -0.4 is 16.4 Å². The van der Waals surface area contributed by atoms with E-state index in [1.807, 2.05) is 60.7 Å². The maximum atomic E-state index is 11.8. The Hall–Kier alpha value is -4.26. The number of hydrogen-bond donors (Lipinski definition) is 4. The van der Waals surface area contributed by atoms with Crippen LogP contribution >= 0.6 is 0 Å². The van der Waals surface area contributed by atoms with Crippen molar-refractivity contribution >= 4 is 41.2 Å². The van der Waals surface area contributed by atoms with Crippen LogP contribution in [0.2, 0.25) is 0 Å². The van der Waals surface area contributed by atoms with E-state index in [1.54, 1.807) is 4.90 Å². The van der Waals surface area contributed by atoms with Crippen LogP contribution in [0.15, 0.2) is 66.7 Å². The number of carbonyl (C=O) groups is 2. The Kier molecular flexibility index (Phi) is 5.50. The highest BCUT2D eigenvalue weighted by Gasteiger charge is 2.21. The van der Waals surface area contributed by atoms with Gasteiger partial charge in [-0.2, -0.15) is 0 Å². The van der Waals surface area contributed by atoms with Gasteiger partial charge in [-0.3, -0.25) is 4.90 Å². The molecule has 1 heterocycles. The smallest absolute Gasteiger partial charge is 0.339 e. The number of aromatic carboxylic acids is 1. The average Bonchev–Trinajstić information content (AvgIpc) is 2.85. The number of hydrogen-bond acceptors (Lipinski definition) is 4. The lowest BCUT2D eigenvalue weighted by atomic mass is 10.1. The van der Waals surface area contributed by atoms with Crippen LogP contribution in [0, 0.1) is 0 Å². The summed E-state index contributed by atoms with van der Waals surface area (Å²) in [5.74, 6) is -1.47. The predicted octanol–water partition coefficient (Wildman–Crippen LogP) is 4.06. The summed E-state index contributed by atoms with van der Waals surface area (Å²) in [7, 11) is 0. The molecule has 7 nitrogen and oxygen atoms in total. The summed E-state index contributed by atoms with van der Waals surface area (Å²) in [6.07, 6.45) is 3.99. The summed E-state index contributed by atoms with van der Waals surface area (Å²) in [5.41, 5.74) is 14.6. The van der Waals surface area contributed by atoms with Gasteiger partial charge in [0.15, 0.2) is 0 Å². The van der Waals surface area contributed by atoms with Crippen molar-refractivity contribution in [1.29, 1.82) is 0 Å². The minimum absolute atomic E-state index is 0.140. The molecule has 0 fully saturated rings. The zero-order valence-corrected chi connectivity index (χ0v) is 15.3. The number of urea groups is 1. The van der Waals surface area contributed by atoms with Gasteiger partial charge in [0.25, 0.3) is 0 Å². The van der Waals surface area contributed by atoms with Crippen molar-refractivity contribution in [3.63, 3.8) is 0 Å². The number of primary amides is 1. The molecule has 0 spiro atoms. The van der Waals surface area contributed by atoms with E-state index >= 15 is 0 Å². The Bertz CT molecular complexity index is 1060. The number of benzene rings is 3. The number of nitrogens with zero attached hydrogens (tertiary/aromatic N) is 1. The molecule has 0 unspecified atom stereocenters.